The SMILES string of the molecule is CCC1CCC(CN)(OC2CCCC(CC)C2)CC1. The predicted molar refractivity (Wildman–Crippen MR) is 81.2 cm³/mol. The highest BCUT2D eigenvalue weighted by Crippen LogP contribution is 2.39. The number of hydrogen-bond acceptors (Lipinski definition) is 2. The molecule has 0 saturated heterocycles. The van der Waals surface area contributed by atoms with Crippen LogP contribution in [-0.2, 0) is 4.74 Å². The van der Waals surface area contributed by atoms with Crippen molar-refractivity contribution in [1.82, 2.24) is 0 Å². The van der Waals surface area contributed by atoms with Gasteiger partial charge in [-0.1, -0.05) is 39.5 Å². The summed E-state index contributed by atoms with van der Waals surface area (Å²) < 4.78 is 6.57. The average molecular weight is 267 g/mol. The standard InChI is InChI=1S/C17H33NO/c1-3-14-8-10-17(13-18,11-9-14)19-16-7-5-6-15(4-2)12-16/h14-16H,3-13,18H2,1-2H3. The lowest BCUT2D eigenvalue weighted by molar-refractivity contribution is -0.129. The Morgan fingerprint density at radius 1 is 1.00 bits per heavy atom. The molecule has 2 fully saturated rings. The fourth-order valence-electron chi connectivity index (χ4n) is 4.06. The van der Waals surface area contributed by atoms with Crippen LogP contribution in [0.4, 0.5) is 0 Å². The second-order valence-electron chi connectivity index (χ2n) is 6.92. The molecular weight excluding hydrogens is 234 g/mol. The molecule has 2 nitrogen and oxygen atoms in total. The van der Waals surface area contributed by atoms with E-state index in [4.69, 9.17) is 10.5 Å². The fraction of sp³-hybridized carbons (Fsp3) is 1.00. The lowest BCUT2D eigenvalue weighted by Crippen LogP contribution is -2.47. The molecule has 2 aliphatic carbocycles. The van der Waals surface area contributed by atoms with Gasteiger partial charge in [-0.05, 0) is 50.4 Å². The Kier molecular flexibility index (Phi) is 5.70. The van der Waals surface area contributed by atoms with E-state index in [0.717, 1.165) is 18.4 Å². The molecule has 2 atom stereocenters. The van der Waals surface area contributed by atoms with Crippen LogP contribution in [0.5, 0.6) is 0 Å². The summed E-state index contributed by atoms with van der Waals surface area (Å²) in [6.07, 6.45) is 13.4. The van der Waals surface area contributed by atoms with Crippen LogP contribution in [0, 0.1) is 11.8 Å². The van der Waals surface area contributed by atoms with Crippen molar-refractivity contribution in [2.75, 3.05) is 6.54 Å². The van der Waals surface area contributed by atoms with E-state index in [1.54, 1.807) is 0 Å². The molecule has 0 heterocycles. The maximum absolute atomic E-state index is 6.57. The number of ether oxygens (including phenoxy) is 1. The summed E-state index contributed by atoms with van der Waals surface area (Å²) in [5.41, 5.74) is 6.10. The first kappa shape index (κ1) is 15.3. The van der Waals surface area contributed by atoms with Crippen molar-refractivity contribution >= 4 is 0 Å². The van der Waals surface area contributed by atoms with E-state index in [1.165, 1.54) is 64.2 Å². The zero-order valence-electron chi connectivity index (χ0n) is 13.0. The molecule has 2 aliphatic rings. The first-order valence-electron chi connectivity index (χ1n) is 8.59. The maximum atomic E-state index is 6.57. The zero-order valence-corrected chi connectivity index (χ0v) is 13.0. The van der Waals surface area contributed by atoms with E-state index >= 15 is 0 Å². The molecule has 2 N–H and O–H groups in total. The molecule has 0 radical (unpaired) electrons. The second-order valence-corrected chi connectivity index (χ2v) is 6.92. The van der Waals surface area contributed by atoms with Crippen LogP contribution in [-0.4, -0.2) is 18.2 Å². The molecule has 2 heteroatoms. The Balaban J connectivity index is 1.88. The van der Waals surface area contributed by atoms with Crippen molar-refractivity contribution in [2.24, 2.45) is 17.6 Å². The first-order valence-corrected chi connectivity index (χ1v) is 8.59. The molecule has 0 bridgehead atoms. The van der Waals surface area contributed by atoms with Gasteiger partial charge in [0.2, 0.25) is 0 Å². The molecule has 0 spiro atoms. The lowest BCUT2D eigenvalue weighted by Gasteiger charge is -2.43. The Bertz CT molecular complexity index is 258. The number of rotatable bonds is 5. The Morgan fingerprint density at radius 2 is 1.68 bits per heavy atom. The molecule has 0 aliphatic heterocycles. The van der Waals surface area contributed by atoms with E-state index in [0.29, 0.717) is 6.10 Å². The van der Waals surface area contributed by atoms with Crippen molar-refractivity contribution in [1.29, 1.82) is 0 Å². The minimum atomic E-state index is 0.0198. The fourth-order valence-corrected chi connectivity index (χ4v) is 4.06. The minimum absolute atomic E-state index is 0.0198. The van der Waals surface area contributed by atoms with Crippen molar-refractivity contribution in [3.63, 3.8) is 0 Å². The molecule has 2 rings (SSSR count). The topological polar surface area (TPSA) is 35.2 Å². The highest BCUT2D eigenvalue weighted by Gasteiger charge is 2.37. The molecule has 0 aromatic heterocycles. The van der Waals surface area contributed by atoms with Crippen LogP contribution in [0.15, 0.2) is 0 Å². The van der Waals surface area contributed by atoms with E-state index in [1.807, 2.05) is 0 Å². The smallest absolute Gasteiger partial charge is 0.0808 e. The number of nitrogens with two attached hydrogens (primary N) is 1. The normalized spacial score (nSPS) is 40.3. The highest BCUT2D eigenvalue weighted by molar-refractivity contribution is 4.90. The van der Waals surface area contributed by atoms with Crippen LogP contribution in [0.2, 0.25) is 0 Å². The Hall–Kier alpha value is -0.0800. The van der Waals surface area contributed by atoms with Gasteiger partial charge in [0.05, 0.1) is 11.7 Å². The summed E-state index contributed by atoms with van der Waals surface area (Å²) in [5, 5.41) is 0. The van der Waals surface area contributed by atoms with Crippen LogP contribution in [0.1, 0.15) is 78.1 Å². The van der Waals surface area contributed by atoms with Crippen molar-refractivity contribution in [3.05, 3.63) is 0 Å². The van der Waals surface area contributed by atoms with Crippen molar-refractivity contribution in [3.8, 4) is 0 Å². The summed E-state index contributed by atoms with van der Waals surface area (Å²) in [7, 11) is 0. The summed E-state index contributed by atoms with van der Waals surface area (Å²) in [6, 6.07) is 0. The van der Waals surface area contributed by atoms with Gasteiger partial charge in [0, 0.05) is 6.54 Å². The molecule has 0 amide bonds. The summed E-state index contributed by atoms with van der Waals surface area (Å²) in [5.74, 6) is 1.80. The van der Waals surface area contributed by atoms with E-state index in [-0.39, 0.29) is 5.60 Å². The molecule has 2 unspecified atom stereocenters. The third-order valence-electron chi connectivity index (χ3n) is 5.69. The number of hydrogen-bond donors (Lipinski definition) is 1. The highest BCUT2D eigenvalue weighted by atomic mass is 16.5. The summed E-state index contributed by atoms with van der Waals surface area (Å²) in [4.78, 5) is 0. The van der Waals surface area contributed by atoms with Gasteiger partial charge in [-0.3, -0.25) is 0 Å². The Labute approximate surface area is 119 Å². The third-order valence-corrected chi connectivity index (χ3v) is 5.69. The molecular formula is C17H33NO. The van der Waals surface area contributed by atoms with Gasteiger partial charge in [-0.15, -0.1) is 0 Å². The van der Waals surface area contributed by atoms with Gasteiger partial charge in [0.15, 0.2) is 0 Å². The molecule has 19 heavy (non-hydrogen) atoms. The lowest BCUT2D eigenvalue weighted by atomic mass is 9.77. The van der Waals surface area contributed by atoms with Crippen LogP contribution in [0.3, 0.4) is 0 Å². The predicted octanol–water partition coefficient (Wildman–Crippen LogP) is 4.27. The molecule has 0 aromatic rings. The van der Waals surface area contributed by atoms with Gasteiger partial charge in [0.25, 0.3) is 0 Å². The van der Waals surface area contributed by atoms with Gasteiger partial charge in [-0.25, -0.2) is 0 Å². The minimum Gasteiger partial charge on any atom is -0.370 e. The van der Waals surface area contributed by atoms with E-state index in [9.17, 15) is 0 Å². The van der Waals surface area contributed by atoms with Crippen molar-refractivity contribution < 1.29 is 4.74 Å². The van der Waals surface area contributed by atoms with Crippen molar-refractivity contribution in [2.45, 2.75) is 89.8 Å². The van der Waals surface area contributed by atoms with E-state index in [2.05, 4.69) is 13.8 Å². The Morgan fingerprint density at radius 3 is 2.26 bits per heavy atom. The molecule has 112 valence electrons. The summed E-state index contributed by atoms with van der Waals surface area (Å²) in [6.45, 7) is 5.35. The molecule has 2 saturated carbocycles. The van der Waals surface area contributed by atoms with E-state index < -0.39 is 0 Å². The van der Waals surface area contributed by atoms with Gasteiger partial charge >= 0.3 is 0 Å². The average Bonchev–Trinajstić information content (AvgIpc) is 2.48. The van der Waals surface area contributed by atoms with Gasteiger partial charge < -0.3 is 10.5 Å². The van der Waals surface area contributed by atoms with Gasteiger partial charge in [-0.2, -0.15) is 0 Å². The first-order chi connectivity index (χ1) is 9.21. The maximum Gasteiger partial charge on any atom is 0.0808 e. The zero-order chi connectivity index (χ0) is 13.7. The van der Waals surface area contributed by atoms with Crippen LogP contribution < -0.4 is 5.73 Å². The monoisotopic (exact) mass is 267 g/mol. The van der Waals surface area contributed by atoms with Crippen LogP contribution >= 0.6 is 0 Å². The van der Waals surface area contributed by atoms with Gasteiger partial charge in [0.1, 0.15) is 0 Å². The second kappa shape index (κ2) is 7.08. The largest absolute Gasteiger partial charge is 0.370 e. The third kappa shape index (κ3) is 3.95. The van der Waals surface area contributed by atoms with Crippen LogP contribution in [0.25, 0.3) is 0 Å². The summed E-state index contributed by atoms with van der Waals surface area (Å²) >= 11 is 0. The molecule has 0 aromatic carbocycles. The quantitative estimate of drug-likeness (QED) is 0.807.